The van der Waals surface area contributed by atoms with Gasteiger partial charge in [-0.15, -0.1) is 0 Å². The van der Waals surface area contributed by atoms with E-state index >= 15 is 0 Å². The minimum atomic E-state index is -0.288. The fourth-order valence-electron chi connectivity index (χ4n) is 4.92. The first-order chi connectivity index (χ1) is 15.2. The normalized spacial score (nSPS) is 13.0. The molecule has 0 N–H and O–H groups in total. The van der Waals surface area contributed by atoms with Gasteiger partial charge >= 0.3 is 204 Å². The van der Waals surface area contributed by atoms with Gasteiger partial charge in [-0.2, -0.15) is 0 Å². The average Bonchev–Trinajstić information content (AvgIpc) is 3.10. The summed E-state index contributed by atoms with van der Waals surface area (Å²) < 4.78 is 5.87. The van der Waals surface area contributed by atoms with Crippen LogP contribution in [-0.2, 0) is 15.7 Å². The summed E-state index contributed by atoms with van der Waals surface area (Å²) in [5.41, 5.74) is 11.6. The molecule has 0 aliphatic rings. The van der Waals surface area contributed by atoms with E-state index in [9.17, 15) is 0 Å². The van der Waals surface area contributed by atoms with E-state index in [2.05, 4.69) is 112 Å². The van der Waals surface area contributed by atoms with Gasteiger partial charge in [0, 0.05) is 0 Å². The van der Waals surface area contributed by atoms with E-state index in [1.807, 2.05) is 0 Å². The number of benzene rings is 2. The zero-order valence-corrected chi connectivity index (χ0v) is 22.4. The van der Waals surface area contributed by atoms with Crippen molar-refractivity contribution in [3.05, 3.63) is 86.6 Å². The van der Waals surface area contributed by atoms with Gasteiger partial charge in [0.05, 0.1) is 0 Å². The molecule has 0 saturated heterocycles. The molecule has 0 unspecified atom stereocenters. The summed E-state index contributed by atoms with van der Waals surface area (Å²) in [4.78, 5) is 0. The quantitative estimate of drug-likeness (QED) is 0.233. The average molecular weight is 535 g/mol. The Morgan fingerprint density at radius 2 is 1.38 bits per heavy atom. The van der Waals surface area contributed by atoms with E-state index in [1.54, 1.807) is 0 Å². The first kappa shape index (κ1) is 23.2. The summed E-state index contributed by atoms with van der Waals surface area (Å²) in [6.45, 7) is 15.7. The molecule has 0 aliphatic carbocycles. The van der Waals surface area contributed by atoms with Crippen molar-refractivity contribution in [2.75, 3.05) is 0 Å². The Hall–Kier alpha value is -1.96. The minimum absolute atomic E-state index is 0.288. The molecule has 172 valence electrons. The molecule has 0 spiro atoms. The summed E-state index contributed by atoms with van der Waals surface area (Å²) in [5, 5.41) is 0. The number of hydrogen-bond donors (Lipinski definition) is 0. The second-order valence-corrected chi connectivity index (χ2v) is 11.1. The van der Waals surface area contributed by atoms with E-state index in [1.165, 1.54) is 50.3 Å². The Balaban J connectivity index is 2.14. The van der Waals surface area contributed by atoms with Crippen molar-refractivity contribution >= 4 is 15.2 Å². The Bertz CT molecular complexity index is 1320. The summed E-state index contributed by atoms with van der Waals surface area (Å²) in [5.74, 6) is 0.878. The maximum atomic E-state index is 6.73. The molecule has 0 radical (unpaired) electrons. The van der Waals surface area contributed by atoms with Crippen LogP contribution < -0.4 is 0 Å². The van der Waals surface area contributed by atoms with Gasteiger partial charge in [0.25, 0.3) is 0 Å². The van der Waals surface area contributed by atoms with Crippen molar-refractivity contribution in [2.45, 2.75) is 60.3 Å². The number of fused-ring (bicyclic) bond motifs is 1. The molecule has 4 rings (SSSR count). The molecule has 2 heterocycles. The van der Waals surface area contributed by atoms with E-state index in [4.69, 9.17) is 9.69 Å². The van der Waals surface area contributed by atoms with E-state index in [-0.39, 0.29) is 15.7 Å². The first-order valence-corrected chi connectivity index (χ1v) is 14.2. The molecule has 0 bridgehead atoms. The van der Waals surface area contributed by atoms with Gasteiger partial charge in [0.2, 0.25) is 0 Å². The molecule has 2 aromatic heterocycles. The van der Waals surface area contributed by atoms with Crippen molar-refractivity contribution in [3.63, 3.8) is 0 Å². The molecule has 4 aromatic rings. The number of nitrogens with zero attached hydrogens (tertiary/aromatic N) is 2. The van der Waals surface area contributed by atoms with Crippen LogP contribution in [0.5, 0.6) is 0 Å². The fourth-order valence-corrected chi connectivity index (χ4v) is 6.59. The topological polar surface area (TPSA) is 9.34 Å². The van der Waals surface area contributed by atoms with Crippen molar-refractivity contribution in [2.24, 2.45) is 0 Å². The Morgan fingerprint density at radius 3 is 1.91 bits per heavy atom. The number of aromatic nitrogens is 2. The van der Waals surface area contributed by atoms with Crippen LogP contribution in [0.2, 0.25) is 0 Å². The zero-order valence-electron chi connectivity index (χ0n) is 20.0. The third-order valence-corrected chi connectivity index (χ3v) is 7.91. The molecule has 0 aliphatic heterocycles. The monoisotopic (exact) mass is 534 g/mol. The van der Waals surface area contributed by atoms with Gasteiger partial charge in [0.15, 0.2) is 0 Å². The Kier molecular flexibility index (Phi) is 6.62. The van der Waals surface area contributed by atoms with Crippen LogP contribution in [-0.4, -0.2) is 8.97 Å². The third-order valence-electron chi connectivity index (χ3n) is 6.21. The molecular formula is C28H32ClN2Rh-2. The van der Waals surface area contributed by atoms with Gasteiger partial charge < -0.3 is 0 Å². The molecule has 2 aromatic carbocycles. The van der Waals surface area contributed by atoms with Crippen LogP contribution in [0.3, 0.4) is 0 Å². The predicted molar refractivity (Wildman–Crippen MR) is 134 cm³/mol. The predicted octanol–water partition coefficient (Wildman–Crippen LogP) is 8.34. The molecular weight excluding hydrogens is 503 g/mol. The molecule has 32 heavy (non-hydrogen) atoms. The van der Waals surface area contributed by atoms with Crippen LogP contribution in [0.1, 0.15) is 67.3 Å². The molecule has 4 heteroatoms. The van der Waals surface area contributed by atoms with Crippen LogP contribution >= 0.6 is 9.69 Å². The van der Waals surface area contributed by atoms with Gasteiger partial charge in [-0.25, -0.2) is 0 Å². The van der Waals surface area contributed by atoms with Crippen molar-refractivity contribution in [1.29, 1.82) is 0 Å². The van der Waals surface area contributed by atoms with Crippen molar-refractivity contribution in [1.82, 2.24) is 8.97 Å². The molecule has 0 fully saturated rings. The van der Waals surface area contributed by atoms with Crippen molar-refractivity contribution in [3.8, 4) is 16.9 Å². The molecule has 0 saturated carbocycles. The van der Waals surface area contributed by atoms with Crippen LogP contribution in [0, 0.1) is 24.8 Å². The Labute approximate surface area is 203 Å². The van der Waals surface area contributed by atoms with Gasteiger partial charge in [-0.05, 0) is 0 Å². The first-order valence-electron chi connectivity index (χ1n) is 11.2. The van der Waals surface area contributed by atoms with E-state index in [0.29, 0.717) is 11.8 Å². The van der Waals surface area contributed by atoms with Crippen molar-refractivity contribution < 1.29 is 15.7 Å². The van der Waals surface area contributed by atoms with E-state index < -0.39 is 0 Å². The second-order valence-electron chi connectivity index (χ2n) is 9.35. The number of rotatable bonds is 4. The molecule has 0 amide bonds. The number of halogens is 1. The number of pyridine rings is 1. The summed E-state index contributed by atoms with van der Waals surface area (Å²) in [7, 11) is 6.73. The van der Waals surface area contributed by atoms with Crippen LogP contribution in [0.4, 0.5) is 0 Å². The van der Waals surface area contributed by atoms with Crippen LogP contribution in [0.25, 0.3) is 22.5 Å². The summed E-state index contributed by atoms with van der Waals surface area (Å²) in [6, 6.07) is 17.9. The number of hydrogen-bond acceptors (Lipinski definition) is 0. The fraction of sp³-hybridized carbons (Fsp3) is 0.321. The van der Waals surface area contributed by atoms with E-state index in [0.717, 1.165) is 4.01 Å². The number of aryl methyl sites for hydroxylation is 3. The number of imidazole rings is 1. The second kappa shape index (κ2) is 9.12. The summed E-state index contributed by atoms with van der Waals surface area (Å²) in [6.07, 6.45) is 2.25. The standard InChI is InChI=1S/C28H32N2.ClH.Rh/c1-18(2)24-11-9-12-25(19(3)4)27(24)26-13-8-10-23-16-29(17-30(23)26)28-21(6)14-20(5)15-22(28)7;;/h8-16,18-19H,1-7H3;1H;/q;;-1/p-1. The van der Waals surface area contributed by atoms with Gasteiger partial charge in [0.1, 0.15) is 0 Å². The molecule has 0 atom stereocenters. The van der Waals surface area contributed by atoms with Crippen LogP contribution in [0.15, 0.2) is 54.7 Å². The Morgan fingerprint density at radius 1 is 0.812 bits per heavy atom. The summed E-state index contributed by atoms with van der Waals surface area (Å²) >= 11 is -0.288. The molecule has 2 nitrogen and oxygen atoms in total. The maximum absolute atomic E-state index is 6.73. The zero-order chi connectivity index (χ0) is 23.2. The third kappa shape index (κ3) is 3.95. The van der Waals surface area contributed by atoms with Gasteiger partial charge in [-0.1, -0.05) is 0 Å². The SMILES string of the molecule is Cc1cc(C)c(-n2cc3cccc(-c4c(C(C)C)cccc4C(C)C)n3[c]2=[Rh-2][Cl])c(C)c1. The van der Waals surface area contributed by atoms with Gasteiger partial charge in [-0.3, -0.25) is 0 Å².